The Morgan fingerprint density at radius 1 is 0.317 bits per heavy atom. The summed E-state index contributed by atoms with van der Waals surface area (Å²) < 4.78 is 4.70. The quantitative estimate of drug-likeness (QED) is 0.167. The Morgan fingerprint density at radius 2 is 0.917 bits per heavy atom. The molecule has 4 heteroatoms. The molecule has 0 aliphatic rings. The Labute approximate surface area is 344 Å². The van der Waals surface area contributed by atoms with Crippen LogP contribution in [-0.2, 0) is 0 Å². The number of rotatable bonds is 4. The van der Waals surface area contributed by atoms with Gasteiger partial charge in [-0.25, -0.2) is 9.97 Å². The maximum atomic E-state index is 5.48. The van der Waals surface area contributed by atoms with Crippen LogP contribution in [0, 0.1) is 0 Å². The van der Waals surface area contributed by atoms with Gasteiger partial charge in [0.25, 0.3) is 0 Å². The van der Waals surface area contributed by atoms with Gasteiger partial charge in [0, 0.05) is 49.0 Å². The lowest BCUT2D eigenvalue weighted by Crippen LogP contribution is -2.04. The lowest BCUT2D eigenvalue weighted by Gasteiger charge is -2.14. The van der Waals surface area contributed by atoms with Crippen LogP contribution < -0.4 is 0 Å². The molecule has 0 fully saturated rings. The molecule has 4 nitrogen and oxygen atoms in total. The number of nitrogens with zero attached hydrogens (tertiary/aromatic N) is 4. The number of benzene rings is 10. The summed E-state index contributed by atoms with van der Waals surface area (Å²) in [5.74, 6) is 0.653. The van der Waals surface area contributed by atoms with E-state index in [1.165, 1.54) is 70.5 Å². The summed E-state index contributed by atoms with van der Waals surface area (Å²) in [5.41, 5.74) is 10.9. The molecule has 0 radical (unpaired) electrons. The molecule has 0 saturated heterocycles. The predicted octanol–water partition coefficient (Wildman–Crippen LogP) is 14.6. The Bertz CT molecular complexity index is 3880. The number of hydrogen-bond acceptors (Lipinski definition) is 2. The van der Waals surface area contributed by atoms with Crippen LogP contribution in [0.2, 0.25) is 0 Å². The zero-order valence-electron chi connectivity index (χ0n) is 32.4. The van der Waals surface area contributed by atoms with Crippen molar-refractivity contribution in [3.63, 3.8) is 0 Å². The van der Waals surface area contributed by atoms with Gasteiger partial charge in [0.15, 0.2) is 0 Å². The van der Waals surface area contributed by atoms with Crippen LogP contribution in [0.4, 0.5) is 0 Å². The summed E-state index contributed by atoms with van der Waals surface area (Å²) >= 11 is 0. The van der Waals surface area contributed by atoms with E-state index in [2.05, 4.69) is 215 Å². The van der Waals surface area contributed by atoms with Crippen molar-refractivity contribution in [1.82, 2.24) is 19.1 Å². The Balaban J connectivity index is 1.16. The molecular formula is C56H34N4. The second-order valence-electron chi connectivity index (χ2n) is 15.7. The molecule has 278 valence electrons. The molecular weight excluding hydrogens is 729 g/mol. The van der Waals surface area contributed by atoms with Gasteiger partial charge >= 0.3 is 0 Å². The maximum Gasteiger partial charge on any atom is 0.235 e. The van der Waals surface area contributed by atoms with E-state index >= 15 is 0 Å². The Kier molecular flexibility index (Phi) is 6.98. The maximum absolute atomic E-state index is 5.48. The molecule has 0 aliphatic heterocycles. The minimum atomic E-state index is 0.653. The Hall–Kier alpha value is -8.08. The van der Waals surface area contributed by atoms with E-state index < -0.39 is 0 Å². The predicted molar refractivity (Wildman–Crippen MR) is 252 cm³/mol. The highest BCUT2D eigenvalue weighted by Crippen LogP contribution is 2.46. The fraction of sp³-hybridized carbons (Fsp3) is 0. The van der Waals surface area contributed by atoms with Gasteiger partial charge in [0.1, 0.15) is 0 Å². The minimum absolute atomic E-state index is 0.653. The first-order valence-electron chi connectivity index (χ1n) is 20.5. The van der Waals surface area contributed by atoms with E-state index in [4.69, 9.17) is 9.97 Å². The number of hydrogen-bond donors (Lipinski definition) is 0. The van der Waals surface area contributed by atoms with Gasteiger partial charge < -0.3 is 4.57 Å². The zero-order valence-corrected chi connectivity index (χ0v) is 32.4. The molecule has 10 aromatic carbocycles. The third-order valence-electron chi connectivity index (χ3n) is 12.5. The molecule has 60 heavy (non-hydrogen) atoms. The summed E-state index contributed by atoms with van der Waals surface area (Å²) in [6.07, 6.45) is 0. The lowest BCUT2D eigenvalue weighted by molar-refractivity contribution is 1.02. The first kappa shape index (κ1) is 32.9. The number of fused-ring (bicyclic) bond motifs is 14. The smallest absolute Gasteiger partial charge is 0.235 e. The standard InChI is InChI=1S/C56H34N4/c1-3-16-36(17-4-1)54-45-24-11-13-25-48(45)57-56(58-54)60-51-32-29-38(37-28-31-50-46(33-37)42-22-12-14-26-49(42)59(50)39-18-5-2-6-19-39)34-47(51)53-52-40-20-8-7-15-35(40)27-30-43(52)41-21-9-10-23-44(41)55(53)60/h1-34H. The van der Waals surface area contributed by atoms with Gasteiger partial charge in [0.05, 0.1) is 33.3 Å². The summed E-state index contributed by atoms with van der Waals surface area (Å²) in [6.45, 7) is 0. The molecule has 0 unspecified atom stereocenters. The van der Waals surface area contributed by atoms with Crippen molar-refractivity contribution in [3.05, 3.63) is 206 Å². The number of aromatic nitrogens is 4. The lowest BCUT2D eigenvalue weighted by atomic mass is 9.92. The third kappa shape index (κ3) is 4.73. The van der Waals surface area contributed by atoms with E-state index in [0.717, 1.165) is 44.4 Å². The zero-order chi connectivity index (χ0) is 39.3. The van der Waals surface area contributed by atoms with E-state index in [1.807, 2.05) is 0 Å². The second-order valence-corrected chi connectivity index (χ2v) is 15.7. The van der Waals surface area contributed by atoms with Crippen molar-refractivity contribution in [2.75, 3.05) is 0 Å². The van der Waals surface area contributed by atoms with Crippen molar-refractivity contribution in [1.29, 1.82) is 0 Å². The van der Waals surface area contributed by atoms with Crippen LogP contribution in [0.3, 0.4) is 0 Å². The van der Waals surface area contributed by atoms with Crippen LogP contribution in [0.1, 0.15) is 0 Å². The Morgan fingerprint density at radius 3 is 1.72 bits per heavy atom. The van der Waals surface area contributed by atoms with Crippen LogP contribution in [-0.4, -0.2) is 19.1 Å². The van der Waals surface area contributed by atoms with Gasteiger partial charge in [-0.2, -0.15) is 0 Å². The van der Waals surface area contributed by atoms with Crippen molar-refractivity contribution in [2.45, 2.75) is 0 Å². The van der Waals surface area contributed by atoms with Crippen LogP contribution in [0.5, 0.6) is 0 Å². The van der Waals surface area contributed by atoms with Gasteiger partial charge in [-0.3, -0.25) is 4.57 Å². The SMILES string of the molecule is c1ccc(-c2nc(-n3c4ccc(-c5ccc6c(c5)c5ccccc5n6-c5ccccc5)cc4c4c5c6ccccc6ccc5c5ccccc5c43)nc3ccccc23)cc1. The average molecular weight is 763 g/mol. The van der Waals surface area contributed by atoms with E-state index in [0.29, 0.717) is 5.95 Å². The summed E-state index contributed by atoms with van der Waals surface area (Å²) in [5, 5.41) is 13.2. The minimum Gasteiger partial charge on any atom is -0.309 e. The van der Waals surface area contributed by atoms with Crippen molar-refractivity contribution in [2.24, 2.45) is 0 Å². The molecule has 13 aromatic rings. The highest BCUT2D eigenvalue weighted by atomic mass is 15.2. The second kappa shape index (κ2) is 12.7. The normalized spacial score (nSPS) is 12.0. The van der Waals surface area contributed by atoms with Gasteiger partial charge in [-0.15, -0.1) is 0 Å². The van der Waals surface area contributed by atoms with E-state index in [-0.39, 0.29) is 0 Å². The van der Waals surface area contributed by atoms with E-state index in [1.54, 1.807) is 0 Å². The van der Waals surface area contributed by atoms with Crippen LogP contribution in [0.15, 0.2) is 206 Å². The molecule has 0 atom stereocenters. The van der Waals surface area contributed by atoms with Crippen molar-refractivity contribution < 1.29 is 0 Å². The molecule has 3 aromatic heterocycles. The van der Waals surface area contributed by atoms with E-state index in [9.17, 15) is 0 Å². The first-order valence-corrected chi connectivity index (χ1v) is 20.5. The molecule has 0 bridgehead atoms. The monoisotopic (exact) mass is 762 g/mol. The molecule has 0 N–H and O–H groups in total. The molecule has 0 spiro atoms. The van der Waals surface area contributed by atoms with Crippen LogP contribution in [0.25, 0.3) is 121 Å². The largest absolute Gasteiger partial charge is 0.309 e. The first-order chi connectivity index (χ1) is 29.8. The van der Waals surface area contributed by atoms with Crippen molar-refractivity contribution in [3.8, 4) is 34.0 Å². The fourth-order valence-electron chi connectivity index (χ4n) is 9.86. The summed E-state index contributed by atoms with van der Waals surface area (Å²) in [7, 11) is 0. The average Bonchev–Trinajstić information content (AvgIpc) is 3.84. The topological polar surface area (TPSA) is 35.6 Å². The van der Waals surface area contributed by atoms with Gasteiger partial charge in [-0.1, -0.05) is 158 Å². The highest BCUT2D eigenvalue weighted by Gasteiger charge is 2.23. The van der Waals surface area contributed by atoms with Gasteiger partial charge in [0.2, 0.25) is 5.95 Å². The van der Waals surface area contributed by atoms with Gasteiger partial charge in [-0.05, 0) is 81.2 Å². The molecule has 13 rings (SSSR count). The van der Waals surface area contributed by atoms with Crippen molar-refractivity contribution >= 4 is 86.8 Å². The molecule has 0 aliphatic carbocycles. The third-order valence-corrected chi connectivity index (χ3v) is 12.5. The fourth-order valence-corrected chi connectivity index (χ4v) is 9.86. The summed E-state index contributed by atoms with van der Waals surface area (Å²) in [4.78, 5) is 10.9. The molecule has 0 amide bonds. The number of para-hydroxylation sites is 3. The molecule has 0 saturated carbocycles. The van der Waals surface area contributed by atoms with Crippen LogP contribution >= 0.6 is 0 Å². The highest BCUT2D eigenvalue weighted by molar-refractivity contribution is 6.37. The molecule has 3 heterocycles. The summed E-state index contributed by atoms with van der Waals surface area (Å²) in [6, 6.07) is 74.3.